The average Bonchev–Trinajstić information content (AvgIpc) is 2.17. The van der Waals surface area contributed by atoms with E-state index in [2.05, 4.69) is 0 Å². The van der Waals surface area contributed by atoms with Crippen LogP contribution >= 0.6 is 0 Å². The molecule has 0 aliphatic rings. The van der Waals surface area contributed by atoms with Crippen molar-refractivity contribution in [3.05, 3.63) is 29.8 Å². The molecule has 1 aromatic rings. The molecule has 1 aromatic carbocycles. The molecule has 0 amide bonds. The molecule has 0 aliphatic heterocycles. The zero-order valence-electron chi connectivity index (χ0n) is 8.21. The molecule has 2 N–H and O–H groups in total. The number of halogens is 3. The molecule has 0 radical (unpaired) electrons. The number of nitrogens with two attached hydrogens (primary N) is 1. The Labute approximate surface area is 85.8 Å². The standard InChI is InChI=1S/C10H12F3NO/c1-7(6-14)15-9-5-3-2-4-8(9)10(11,12)13/h2-5,7H,6,14H2,1H3. The molecule has 0 aliphatic carbocycles. The molecule has 0 aromatic heterocycles. The second kappa shape index (κ2) is 4.53. The van der Waals surface area contributed by atoms with E-state index < -0.39 is 17.8 Å². The molecule has 5 heteroatoms. The maximum absolute atomic E-state index is 12.5. The van der Waals surface area contributed by atoms with Crippen molar-refractivity contribution < 1.29 is 17.9 Å². The van der Waals surface area contributed by atoms with Crippen LogP contribution in [-0.4, -0.2) is 12.6 Å². The molecule has 1 rings (SSSR count). The summed E-state index contributed by atoms with van der Waals surface area (Å²) in [5.74, 6) is -0.178. The monoisotopic (exact) mass is 219 g/mol. The van der Waals surface area contributed by atoms with E-state index in [0.717, 1.165) is 6.07 Å². The fourth-order valence-electron chi connectivity index (χ4n) is 1.07. The molecule has 15 heavy (non-hydrogen) atoms. The van der Waals surface area contributed by atoms with Gasteiger partial charge in [-0.05, 0) is 19.1 Å². The van der Waals surface area contributed by atoms with Crippen molar-refractivity contribution in [1.82, 2.24) is 0 Å². The summed E-state index contributed by atoms with van der Waals surface area (Å²) in [6.07, 6.45) is -4.83. The number of para-hydroxylation sites is 1. The van der Waals surface area contributed by atoms with Crippen molar-refractivity contribution in [2.45, 2.75) is 19.2 Å². The fraction of sp³-hybridized carbons (Fsp3) is 0.400. The van der Waals surface area contributed by atoms with Gasteiger partial charge < -0.3 is 10.5 Å². The van der Waals surface area contributed by atoms with E-state index in [9.17, 15) is 13.2 Å². The molecule has 0 saturated heterocycles. The van der Waals surface area contributed by atoms with E-state index in [1.807, 2.05) is 0 Å². The van der Waals surface area contributed by atoms with Crippen LogP contribution in [-0.2, 0) is 6.18 Å². The van der Waals surface area contributed by atoms with Crippen LogP contribution in [0, 0.1) is 0 Å². The summed E-state index contributed by atoms with van der Waals surface area (Å²) in [6.45, 7) is 1.79. The lowest BCUT2D eigenvalue weighted by Gasteiger charge is -2.17. The highest BCUT2D eigenvalue weighted by Crippen LogP contribution is 2.36. The van der Waals surface area contributed by atoms with Gasteiger partial charge in [0.05, 0.1) is 5.56 Å². The Balaban J connectivity index is 2.97. The molecule has 1 atom stereocenters. The van der Waals surface area contributed by atoms with Crippen LogP contribution in [0.4, 0.5) is 13.2 Å². The van der Waals surface area contributed by atoms with Crippen LogP contribution in [0.1, 0.15) is 12.5 Å². The van der Waals surface area contributed by atoms with Crippen molar-refractivity contribution in [1.29, 1.82) is 0 Å². The van der Waals surface area contributed by atoms with Gasteiger partial charge in [-0.3, -0.25) is 0 Å². The smallest absolute Gasteiger partial charge is 0.419 e. The van der Waals surface area contributed by atoms with E-state index in [1.54, 1.807) is 6.92 Å². The maximum Gasteiger partial charge on any atom is 0.419 e. The van der Waals surface area contributed by atoms with Crippen molar-refractivity contribution in [3.63, 3.8) is 0 Å². The van der Waals surface area contributed by atoms with Gasteiger partial charge in [-0.25, -0.2) is 0 Å². The second-order valence-electron chi connectivity index (χ2n) is 3.16. The zero-order chi connectivity index (χ0) is 11.5. The topological polar surface area (TPSA) is 35.2 Å². The lowest BCUT2D eigenvalue weighted by atomic mass is 10.2. The van der Waals surface area contributed by atoms with Crippen LogP contribution in [0.25, 0.3) is 0 Å². The van der Waals surface area contributed by atoms with Gasteiger partial charge in [0.25, 0.3) is 0 Å². The third-order valence-electron chi connectivity index (χ3n) is 1.85. The number of benzene rings is 1. The Kier molecular flexibility index (Phi) is 3.57. The maximum atomic E-state index is 12.5. The van der Waals surface area contributed by atoms with Crippen LogP contribution in [0.2, 0.25) is 0 Å². The molecule has 0 saturated carbocycles. The third kappa shape index (κ3) is 3.13. The predicted octanol–water partition coefficient (Wildman–Crippen LogP) is 2.43. The van der Waals surface area contributed by atoms with Crippen molar-refractivity contribution in [2.75, 3.05) is 6.54 Å². The van der Waals surface area contributed by atoms with Gasteiger partial charge in [-0.2, -0.15) is 13.2 Å². The minimum atomic E-state index is -4.40. The minimum absolute atomic E-state index is 0.173. The van der Waals surface area contributed by atoms with E-state index in [0.29, 0.717) is 0 Å². The molecule has 0 heterocycles. The van der Waals surface area contributed by atoms with Crippen molar-refractivity contribution in [3.8, 4) is 5.75 Å². The van der Waals surface area contributed by atoms with Crippen LogP contribution in [0.15, 0.2) is 24.3 Å². The molecular formula is C10H12F3NO. The predicted molar refractivity (Wildman–Crippen MR) is 50.6 cm³/mol. The lowest BCUT2D eigenvalue weighted by Crippen LogP contribution is -2.24. The number of hydrogen-bond donors (Lipinski definition) is 1. The highest BCUT2D eigenvalue weighted by molar-refractivity contribution is 5.35. The third-order valence-corrected chi connectivity index (χ3v) is 1.85. The largest absolute Gasteiger partial charge is 0.489 e. The Hall–Kier alpha value is -1.23. The fourth-order valence-corrected chi connectivity index (χ4v) is 1.07. The first-order chi connectivity index (χ1) is 6.95. The van der Waals surface area contributed by atoms with Crippen LogP contribution in [0.3, 0.4) is 0 Å². The molecular weight excluding hydrogens is 207 g/mol. The summed E-state index contributed by atoms with van der Waals surface area (Å²) in [7, 11) is 0. The van der Waals surface area contributed by atoms with Gasteiger partial charge in [0.2, 0.25) is 0 Å². The summed E-state index contributed by atoms with van der Waals surface area (Å²) >= 11 is 0. The normalized spacial score (nSPS) is 13.7. The SMILES string of the molecule is CC(CN)Oc1ccccc1C(F)(F)F. The quantitative estimate of drug-likeness (QED) is 0.847. The first kappa shape index (κ1) is 11.8. The molecule has 0 bridgehead atoms. The summed E-state index contributed by atoms with van der Waals surface area (Å²) < 4.78 is 42.6. The van der Waals surface area contributed by atoms with Crippen LogP contribution < -0.4 is 10.5 Å². The average molecular weight is 219 g/mol. The number of rotatable bonds is 3. The van der Waals surface area contributed by atoms with E-state index in [-0.39, 0.29) is 12.3 Å². The zero-order valence-corrected chi connectivity index (χ0v) is 8.21. The Morgan fingerprint density at radius 1 is 1.33 bits per heavy atom. The van der Waals surface area contributed by atoms with Crippen LogP contribution in [0.5, 0.6) is 5.75 Å². The summed E-state index contributed by atoms with van der Waals surface area (Å²) in [6, 6.07) is 5.09. The molecule has 0 spiro atoms. The van der Waals surface area contributed by atoms with Crippen molar-refractivity contribution in [2.24, 2.45) is 5.73 Å². The van der Waals surface area contributed by atoms with Gasteiger partial charge in [0.15, 0.2) is 0 Å². The molecule has 0 fully saturated rings. The van der Waals surface area contributed by atoms with Gasteiger partial charge in [-0.1, -0.05) is 12.1 Å². The van der Waals surface area contributed by atoms with E-state index >= 15 is 0 Å². The number of hydrogen-bond acceptors (Lipinski definition) is 2. The van der Waals surface area contributed by atoms with E-state index in [1.165, 1.54) is 18.2 Å². The van der Waals surface area contributed by atoms with Gasteiger partial charge >= 0.3 is 6.18 Å². The number of alkyl halides is 3. The van der Waals surface area contributed by atoms with Gasteiger partial charge in [0.1, 0.15) is 11.9 Å². The molecule has 2 nitrogen and oxygen atoms in total. The summed E-state index contributed by atoms with van der Waals surface area (Å²) in [5.41, 5.74) is 4.50. The lowest BCUT2D eigenvalue weighted by molar-refractivity contribution is -0.139. The van der Waals surface area contributed by atoms with Gasteiger partial charge in [0, 0.05) is 6.54 Å². The second-order valence-corrected chi connectivity index (χ2v) is 3.16. The Morgan fingerprint density at radius 2 is 1.93 bits per heavy atom. The molecule has 1 unspecified atom stereocenters. The Morgan fingerprint density at radius 3 is 2.47 bits per heavy atom. The highest BCUT2D eigenvalue weighted by Gasteiger charge is 2.34. The minimum Gasteiger partial charge on any atom is -0.489 e. The number of ether oxygens (including phenoxy) is 1. The summed E-state index contributed by atoms with van der Waals surface area (Å²) in [4.78, 5) is 0. The Bertz CT molecular complexity index is 325. The molecule has 84 valence electrons. The van der Waals surface area contributed by atoms with E-state index in [4.69, 9.17) is 10.5 Å². The highest BCUT2D eigenvalue weighted by atomic mass is 19.4. The first-order valence-electron chi connectivity index (χ1n) is 4.48. The summed E-state index contributed by atoms with van der Waals surface area (Å²) in [5, 5.41) is 0. The van der Waals surface area contributed by atoms with Crippen molar-refractivity contribution >= 4 is 0 Å². The first-order valence-corrected chi connectivity index (χ1v) is 4.48. The van der Waals surface area contributed by atoms with Gasteiger partial charge in [-0.15, -0.1) is 0 Å².